The summed E-state index contributed by atoms with van der Waals surface area (Å²) in [6, 6.07) is 8.38. The Hall–Kier alpha value is -0.140. The summed E-state index contributed by atoms with van der Waals surface area (Å²) < 4.78 is 0. The second-order valence-corrected chi connectivity index (χ2v) is 3.90. The number of alkyl halides is 1. The van der Waals surface area contributed by atoms with Gasteiger partial charge >= 0.3 is 0 Å². The van der Waals surface area contributed by atoms with Crippen LogP contribution in [0.2, 0.25) is 0 Å². The molecule has 0 atom stereocenters. The van der Waals surface area contributed by atoms with Gasteiger partial charge in [-0.25, -0.2) is 0 Å². The molecule has 0 saturated carbocycles. The molecule has 0 saturated heterocycles. The van der Waals surface area contributed by atoms with E-state index in [0.29, 0.717) is 5.88 Å². The van der Waals surface area contributed by atoms with Crippen molar-refractivity contribution in [3.63, 3.8) is 0 Å². The molecular weight excluding hydrogens is 188 g/mol. The minimum Gasteiger partial charge on any atom is -0.165 e. The van der Waals surface area contributed by atoms with Crippen LogP contribution in [-0.4, -0.2) is 12.0 Å². The average molecular weight is 201 g/mol. The van der Waals surface area contributed by atoms with Gasteiger partial charge in [0, 0.05) is 5.88 Å². The van der Waals surface area contributed by atoms with Crippen molar-refractivity contribution >= 4 is 23.4 Å². The Morgan fingerprint density at radius 3 is 2.50 bits per heavy atom. The predicted molar refractivity (Wildman–Crippen MR) is 58.1 cm³/mol. The summed E-state index contributed by atoms with van der Waals surface area (Å²) in [6.45, 7) is 0. The molecule has 66 valence electrons. The van der Waals surface area contributed by atoms with E-state index in [1.54, 1.807) is 0 Å². The summed E-state index contributed by atoms with van der Waals surface area (Å²) in [5.41, 5.74) is 2.66. The molecule has 0 nitrogen and oxygen atoms in total. The maximum absolute atomic E-state index is 5.80. The van der Waals surface area contributed by atoms with Crippen LogP contribution in [-0.2, 0) is 12.3 Å². The fraction of sp³-hybridized carbons (Fsp3) is 0.400. The van der Waals surface area contributed by atoms with Gasteiger partial charge in [0.1, 0.15) is 0 Å². The highest BCUT2D eigenvalue weighted by Crippen LogP contribution is 2.13. The monoisotopic (exact) mass is 200 g/mol. The summed E-state index contributed by atoms with van der Waals surface area (Å²) >= 11 is 7.68. The van der Waals surface area contributed by atoms with Crippen LogP contribution in [0, 0.1) is 0 Å². The predicted octanol–water partition coefficient (Wildman–Crippen LogP) is 3.33. The largest absolute Gasteiger partial charge is 0.165 e. The third kappa shape index (κ3) is 2.72. The maximum atomic E-state index is 5.80. The molecule has 1 rings (SSSR count). The first kappa shape index (κ1) is 9.94. The summed E-state index contributed by atoms with van der Waals surface area (Å²) in [4.78, 5) is 0. The Kier molecular flexibility index (Phi) is 4.55. The SMILES string of the molecule is CSCCc1ccccc1CCl. The average Bonchev–Trinajstić information content (AvgIpc) is 2.15. The molecule has 0 radical (unpaired) electrons. The second-order valence-electron chi connectivity index (χ2n) is 2.65. The number of aryl methyl sites for hydroxylation is 1. The lowest BCUT2D eigenvalue weighted by atomic mass is 10.1. The molecule has 0 bridgehead atoms. The minimum absolute atomic E-state index is 0.630. The van der Waals surface area contributed by atoms with E-state index in [0.717, 1.165) is 6.42 Å². The first-order chi connectivity index (χ1) is 5.88. The van der Waals surface area contributed by atoms with Crippen LogP contribution in [0.1, 0.15) is 11.1 Å². The van der Waals surface area contributed by atoms with E-state index in [9.17, 15) is 0 Å². The molecule has 0 aliphatic heterocycles. The van der Waals surface area contributed by atoms with Crippen molar-refractivity contribution in [1.82, 2.24) is 0 Å². The highest BCUT2D eigenvalue weighted by Gasteiger charge is 1.98. The third-order valence-electron chi connectivity index (χ3n) is 1.84. The first-order valence-corrected chi connectivity index (χ1v) is 5.93. The van der Waals surface area contributed by atoms with Crippen molar-refractivity contribution < 1.29 is 0 Å². The van der Waals surface area contributed by atoms with E-state index in [4.69, 9.17) is 11.6 Å². The van der Waals surface area contributed by atoms with Gasteiger partial charge in [-0.3, -0.25) is 0 Å². The summed E-state index contributed by atoms with van der Waals surface area (Å²) in [7, 11) is 0. The van der Waals surface area contributed by atoms with Crippen molar-refractivity contribution in [2.45, 2.75) is 12.3 Å². The molecule has 0 heterocycles. The quantitative estimate of drug-likeness (QED) is 0.672. The van der Waals surface area contributed by atoms with Gasteiger partial charge in [-0.1, -0.05) is 24.3 Å². The van der Waals surface area contributed by atoms with Gasteiger partial charge in [0.15, 0.2) is 0 Å². The Balaban J connectivity index is 2.68. The van der Waals surface area contributed by atoms with Crippen LogP contribution in [0.25, 0.3) is 0 Å². The van der Waals surface area contributed by atoms with Gasteiger partial charge in [0.2, 0.25) is 0 Å². The lowest BCUT2D eigenvalue weighted by Crippen LogP contribution is -1.93. The van der Waals surface area contributed by atoms with E-state index in [-0.39, 0.29) is 0 Å². The Labute approximate surface area is 83.3 Å². The number of halogens is 1. The van der Waals surface area contributed by atoms with Gasteiger partial charge in [0.25, 0.3) is 0 Å². The van der Waals surface area contributed by atoms with Gasteiger partial charge < -0.3 is 0 Å². The molecular formula is C10H13ClS. The molecule has 0 N–H and O–H groups in total. The molecule has 0 aromatic heterocycles. The van der Waals surface area contributed by atoms with Crippen LogP contribution in [0.15, 0.2) is 24.3 Å². The number of hydrogen-bond acceptors (Lipinski definition) is 1. The highest BCUT2D eigenvalue weighted by atomic mass is 35.5. The van der Waals surface area contributed by atoms with Crippen molar-refractivity contribution in [3.8, 4) is 0 Å². The van der Waals surface area contributed by atoms with Crippen molar-refractivity contribution in [3.05, 3.63) is 35.4 Å². The Morgan fingerprint density at radius 1 is 1.25 bits per heavy atom. The standard InChI is InChI=1S/C10H13ClS/c1-12-7-6-9-4-2-3-5-10(9)8-11/h2-5H,6-8H2,1H3. The first-order valence-electron chi connectivity index (χ1n) is 4.00. The molecule has 0 unspecified atom stereocenters. The number of benzene rings is 1. The van der Waals surface area contributed by atoms with Crippen LogP contribution in [0.4, 0.5) is 0 Å². The molecule has 0 amide bonds. The Bertz CT molecular complexity index is 235. The second kappa shape index (κ2) is 5.50. The van der Waals surface area contributed by atoms with Crippen molar-refractivity contribution in [2.24, 2.45) is 0 Å². The van der Waals surface area contributed by atoms with E-state index in [1.807, 2.05) is 17.8 Å². The van der Waals surface area contributed by atoms with Crippen molar-refractivity contribution in [1.29, 1.82) is 0 Å². The van der Waals surface area contributed by atoms with Gasteiger partial charge in [0.05, 0.1) is 0 Å². The molecule has 1 aromatic rings. The molecule has 0 spiro atoms. The number of thioether (sulfide) groups is 1. The molecule has 2 heteroatoms. The van der Waals surface area contributed by atoms with E-state index >= 15 is 0 Å². The normalized spacial score (nSPS) is 10.2. The van der Waals surface area contributed by atoms with Gasteiger partial charge in [-0.2, -0.15) is 11.8 Å². The smallest absolute Gasteiger partial charge is 0.0476 e. The molecule has 0 aliphatic carbocycles. The highest BCUT2D eigenvalue weighted by molar-refractivity contribution is 7.98. The van der Waals surface area contributed by atoms with E-state index in [1.165, 1.54) is 16.9 Å². The number of hydrogen-bond donors (Lipinski definition) is 0. The van der Waals surface area contributed by atoms with E-state index in [2.05, 4.69) is 24.5 Å². The van der Waals surface area contributed by atoms with Gasteiger partial charge in [-0.05, 0) is 29.6 Å². The van der Waals surface area contributed by atoms with Crippen molar-refractivity contribution in [2.75, 3.05) is 12.0 Å². The molecule has 1 aromatic carbocycles. The van der Waals surface area contributed by atoms with Crippen LogP contribution >= 0.6 is 23.4 Å². The minimum atomic E-state index is 0.630. The zero-order chi connectivity index (χ0) is 8.81. The third-order valence-corrected chi connectivity index (χ3v) is 2.74. The molecule has 0 aliphatic rings. The Morgan fingerprint density at radius 2 is 1.92 bits per heavy atom. The lowest BCUT2D eigenvalue weighted by Gasteiger charge is -2.04. The summed E-state index contributed by atoms with van der Waals surface area (Å²) in [5, 5.41) is 0. The zero-order valence-electron chi connectivity index (χ0n) is 7.22. The molecule has 12 heavy (non-hydrogen) atoms. The fourth-order valence-electron chi connectivity index (χ4n) is 1.14. The van der Waals surface area contributed by atoms with Crippen LogP contribution in [0.3, 0.4) is 0 Å². The number of rotatable bonds is 4. The van der Waals surface area contributed by atoms with Gasteiger partial charge in [-0.15, -0.1) is 11.6 Å². The lowest BCUT2D eigenvalue weighted by molar-refractivity contribution is 1.12. The van der Waals surface area contributed by atoms with Crippen LogP contribution in [0.5, 0.6) is 0 Å². The topological polar surface area (TPSA) is 0 Å². The molecule has 0 fully saturated rings. The summed E-state index contributed by atoms with van der Waals surface area (Å²) in [6.07, 6.45) is 3.26. The van der Waals surface area contributed by atoms with Crippen LogP contribution < -0.4 is 0 Å². The summed E-state index contributed by atoms with van der Waals surface area (Å²) in [5.74, 6) is 1.80. The fourth-order valence-corrected chi connectivity index (χ4v) is 1.83. The zero-order valence-corrected chi connectivity index (χ0v) is 8.79. The van der Waals surface area contributed by atoms with E-state index < -0.39 is 0 Å². The maximum Gasteiger partial charge on any atom is 0.0476 e.